The summed E-state index contributed by atoms with van der Waals surface area (Å²) in [5.74, 6) is 6.64. The lowest BCUT2D eigenvalue weighted by Crippen LogP contribution is -2.37. The first-order valence-electron chi connectivity index (χ1n) is 5.89. The maximum Gasteiger partial charge on any atom is 0.0301 e. The molecule has 2 nitrogen and oxygen atoms in total. The van der Waals surface area contributed by atoms with Crippen LogP contribution in [0.1, 0.15) is 46.0 Å². The number of nitrogens with one attached hydrogen (secondary N) is 1. The highest BCUT2D eigenvalue weighted by molar-refractivity contribution is 7.99. The largest absolute Gasteiger partial charge is 0.271 e. The minimum Gasteiger partial charge on any atom is -0.271 e. The Balaban J connectivity index is 3.39. The molecule has 0 aromatic carbocycles. The molecular formula is C12H26N2S. The molecule has 0 bridgehead atoms. The van der Waals surface area contributed by atoms with Crippen LogP contribution in [0.15, 0.2) is 12.7 Å². The molecule has 0 amide bonds. The van der Waals surface area contributed by atoms with Crippen molar-refractivity contribution in [3.63, 3.8) is 0 Å². The first-order valence-corrected chi connectivity index (χ1v) is 6.94. The van der Waals surface area contributed by atoms with E-state index < -0.39 is 0 Å². The number of thioether (sulfide) groups is 1. The lowest BCUT2D eigenvalue weighted by atomic mass is 10.1. The van der Waals surface area contributed by atoms with Crippen LogP contribution in [0.4, 0.5) is 0 Å². The molecule has 0 aliphatic carbocycles. The summed E-state index contributed by atoms with van der Waals surface area (Å²) in [6, 6.07) is 0.473. The van der Waals surface area contributed by atoms with Crippen LogP contribution in [0.2, 0.25) is 0 Å². The summed E-state index contributed by atoms with van der Waals surface area (Å²) >= 11 is 1.97. The number of rotatable bonds is 10. The van der Waals surface area contributed by atoms with Crippen LogP contribution in [0.3, 0.4) is 0 Å². The summed E-state index contributed by atoms with van der Waals surface area (Å²) in [5, 5.41) is 0.696. The molecule has 1 unspecified atom stereocenters. The van der Waals surface area contributed by atoms with Crippen LogP contribution >= 0.6 is 11.8 Å². The molecule has 0 heterocycles. The number of nitrogens with two attached hydrogens (primary N) is 1. The lowest BCUT2D eigenvalue weighted by Gasteiger charge is -2.16. The summed E-state index contributed by atoms with van der Waals surface area (Å²) in [6.07, 6.45) is 8.14. The third-order valence-corrected chi connectivity index (χ3v) is 3.59. The summed E-state index contributed by atoms with van der Waals surface area (Å²) in [7, 11) is 0. The van der Waals surface area contributed by atoms with E-state index in [0.717, 1.165) is 12.2 Å². The van der Waals surface area contributed by atoms with Gasteiger partial charge in [0.25, 0.3) is 0 Å². The molecular weight excluding hydrogens is 204 g/mol. The van der Waals surface area contributed by atoms with Gasteiger partial charge < -0.3 is 0 Å². The van der Waals surface area contributed by atoms with Crippen LogP contribution in [-0.2, 0) is 0 Å². The van der Waals surface area contributed by atoms with Gasteiger partial charge in [0, 0.05) is 11.8 Å². The average molecular weight is 230 g/mol. The van der Waals surface area contributed by atoms with Crippen LogP contribution in [0.25, 0.3) is 0 Å². The molecule has 0 aromatic heterocycles. The van der Waals surface area contributed by atoms with Crippen molar-refractivity contribution < 1.29 is 0 Å². The Kier molecular flexibility index (Phi) is 10.5. The molecule has 0 aromatic rings. The highest BCUT2D eigenvalue weighted by atomic mass is 32.2. The van der Waals surface area contributed by atoms with E-state index in [1.54, 1.807) is 0 Å². The zero-order chi connectivity index (χ0) is 11.5. The number of allylic oxidation sites excluding steroid dienone is 1. The first kappa shape index (κ1) is 15.0. The molecule has 0 saturated carbocycles. The molecule has 3 heteroatoms. The average Bonchev–Trinajstić information content (AvgIpc) is 2.22. The topological polar surface area (TPSA) is 38.0 Å². The molecule has 3 N–H and O–H groups in total. The number of unbranched alkanes of at least 4 members (excludes halogenated alkanes) is 3. The minimum absolute atomic E-state index is 0.473. The molecule has 1 atom stereocenters. The molecule has 15 heavy (non-hydrogen) atoms. The van der Waals surface area contributed by atoms with Gasteiger partial charge in [-0.1, -0.05) is 32.8 Å². The van der Waals surface area contributed by atoms with Crippen LogP contribution < -0.4 is 11.3 Å². The van der Waals surface area contributed by atoms with Gasteiger partial charge in [0.05, 0.1) is 0 Å². The molecule has 0 saturated heterocycles. The standard InChI is InChI=1S/C12H26N2S/c1-4-5-6-7-8-9-12(14-13)10-15-11(2)3/h4,11-12,14H,1,5-10,13H2,2-3H3. The van der Waals surface area contributed by atoms with E-state index in [4.69, 9.17) is 5.84 Å². The van der Waals surface area contributed by atoms with Gasteiger partial charge in [-0.15, -0.1) is 6.58 Å². The van der Waals surface area contributed by atoms with Gasteiger partial charge in [-0.3, -0.25) is 11.3 Å². The second kappa shape index (κ2) is 10.5. The molecule has 0 aliphatic rings. The maximum atomic E-state index is 5.52. The van der Waals surface area contributed by atoms with E-state index in [0.29, 0.717) is 11.3 Å². The van der Waals surface area contributed by atoms with Gasteiger partial charge in [-0.05, 0) is 24.5 Å². The van der Waals surface area contributed by atoms with Crippen molar-refractivity contribution in [2.45, 2.75) is 57.2 Å². The monoisotopic (exact) mass is 230 g/mol. The van der Waals surface area contributed by atoms with Gasteiger partial charge in [-0.25, -0.2) is 0 Å². The smallest absolute Gasteiger partial charge is 0.0301 e. The van der Waals surface area contributed by atoms with E-state index >= 15 is 0 Å². The first-order chi connectivity index (χ1) is 7.20. The van der Waals surface area contributed by atoms with Gasteiger partial charge in [-0.2, -0.15) is 11.8 Å². The Hall–Kier alpha value is 0.01000. The quantitative estimate of drug-likeness (QED) is 0.262. The molecule has 0 radical (unpaired) electrons. The van der Waals surface area contributed by atoms with Crippen molar-refractivity contribution in [3.05, 3.63) is 12.7 Å². The number of hydrogen-bond acceptors (Lipinski definition) is 3. The van der Waals surface area contributed by atoms with E-state index in [1.165, 1.54) is 25.7 Å². The molecule has 0 rings (SSSR count). The van der Waals surface area contributed by atoms with E-state index in [2.05, 4.69) is 25.9 Å². The Morgan fingerprint density at radius 2 is 2.07 bits per heavy atom. The van der Waals surface area contributed by atoms with Crippen LogP contribution in [0.5, 0.6) is 0 Å². The van der Waals surface area contributed by atoms with Gasteiger partial charge in [0.15, 0.2) is 0 Å². The number of hydrazine groups is 1. The minimum atomic E-state index is 0.473. The summed E-state index contributed by atoms with van der Waals surface area (Å²) in [5.41, 5.74) is 2.91. The zero-order valence-electron chi connectivity index (χ0n) is 10.2. The fraction of sp³-hybridized carbons (Fsp3) is 0.833. The van der Waals surface area contributed by atoms with Gasteiger partial charge >= 0.3 is 0 Å². The number of hydrogen-bond donors (Lipinski definition) is 2. The van der Waals surface area contributed by atoms with Crippen molar-refractivity contribution in [1.82, 2.24) is 5.43 Å². The van der Waals surface area contributed by atoms with Crippen molar-refractivity contribution in [3.8, 4) is 0 Å². The fourth-order valence-corrected chi connectivity index (χ4v) is 2.26. The summed E-state index contributed by atoms with van der Waals surface area (Å²) in [6.45, 7) is 8.17. The molecule has 0 fully saturated rings. The van der Waals surface area contributed by atoms with E-state index in [1.807, 2.05) is 17.8 Å². The molecule has 90 valence electrons. The Labute approximate surface area is 99.0 Å². The predicted octanol–water partition coefficient (Wildman–Crippen LogP) is 3.10. The highest BCUT2D eigenvalue weighted by Crippen LogP contribution is 2.14. The Bertz CT molecular complexity index is 149. The van der Waals surface area contributed by atoms with Crippen LogP contribution in [-0.4, -0.2) is 17.0 Å². The lowest BCUT2D eigenvalue weighted by molar-refractivity contribution is 0.503. The Morgan fingerprint density at radius 1 is 1.33 bits per heavy atom. The van der Waals surface area contributed by atoms with Crippen LogP contribution in [0, 0.1) is 0 Å². The highest BCUT2D eigenvalue weighted by Gasteiger charge is 2.07. The Morgan fingerprint density at radius 3 is 2.60 bits per heavy atom. The third kappa shape index (κ3) is 10.3. The third-order valence-electron chi connectivity index (χ3n) is 2.33. The van der Waals surface area contributed by atoms with Crippen molar-refractivity contribution in [2.24, 2.45) is 5.84 Å². The second-order valence-corrected chi connectivity index (χ2v) is 5.78. The van der Waals surface area contributed by atoms with Gasteiger partial charge in [0.2, 0.25) is 0 Å². The zero-order valence-corrected chi connectivity index (χ0v) is 11.0. The summed E-state index contributed by atoms with van der Waals surface area (Å²) < 4.78 is 0. The van der Waals surface area contributed by atoms with Gasteiger partial charge in [0.1, 0.15) is 0 Å². The molecule has 0 aliphatic heterocycles. The normalized spacial score (nSPS) is 13.1. The second-order valence-electron chi connectivity index (χ2n) is 4.17. The maximum absolute atomic E-state index is 5.52. The van der Waals surface area contributed by atoms with E-state index in [9.17, 15) is 0 Å². The predicted molar refractivity (Wildman–Crippen MR) is 72.0 cm³/mol. The summed E-state index contributed by atoms with van der Waals surface area (Å²) in [4.78, 5) is 0. The van der Waals surface area contributed by atoms with Crippen molar-refractivity contribution >= 4 is 11.8 Å². The van der Waals surface area contributed by atoms with Crippen molar-refractivity contribution in [1.29, 1.82) is 0 Å². The SMILES string of the molecule is C=CCCCCCC(CSC(C)C)NN. The van der Waals surface area contributed by atoms with Crippen molar-refractivity contribution in [2.75, 3.05) is 5.75 Å². The fourth-order valence-electron chi connectivity index (χ4n) is 1.38. The van der Waals surface area contributed by atoms with E-state index in [-0.39, 0.29) is 0 Å². The molecule has 0 spiro atoms.